The number of tetrazole rings is 2. The van der Waals surface area contributed by atoms with Crippen molar-refractivity contribution in [2.45, 2.75) is 118 Å². The second kappa shape index (κ2) is 39.6. The quantitative estimate of drug-likeness (QED) is 0.0354. The van der Waals surface area contributed by atoms with Gasteiger partial charge in [0.2, 0.25) is 0 Å². The molecule has 33 nitrogen and oxygen atoms in total. The molecule has 0 spiro atoms. The molecule has 4 fully saturated rings. The van der Waals surface area contributed by atoms with Crippen LogP contribution in [0.15, 0.2) is 270 Å². The summed E-state index contributed by atoms with van der Waals surface area (Å²) >= 11 is 19.8. The molecule has 4 aliphatic rings. The Morgan fingerprint density at radius 1 is 0.355 bits per heavy atom. The van der Waals surface area contributed by atoms with E-state index in [1.807, 2.05) is 18.2 Å². The summed E-state index contributed by atoms with van der Waals surface area (Å²) < 4.78 is 131. The predicted octanol–water partition coefficient (Wildman–Crippen LogP) is 17.4. The van der Waals surface area contributed by atoms with E-state index in [-0.39, 0.29) is 94.0 Å². The van der Waals surface area contributed by atoms with Crippen molar-refractivity contribution in [3.05, 3.63) is 338 Å². The van der Waals surface area contributed by atoms with Crippen LogP contribution in [0.4, 0.5) is 4.39 Å². The highest BCUT2D eigenvalue weighted by Crippen LogP contribution is 2.50. The number of hydrogen-bond donors (Lipinski definition) is 4. The van der Waals surface area contributed by atoms with Crippen LogP contribution in [-0.2, 0) is 76.5 Å². The summed E-state index contributed by atoms with van der Waals surface area (Å²) in [4.78, 5) is 68.1. The Balaban J connectivity index is 0.000000127. The number of nitrogens with zero attached hydrogens (tertiary/aromatic N) is 17. The van der Waals surface area contributed by atoms with Crippen molar-refractivity contribution in [1.29, 1.82) is 0 Å². The van der Waals surface area contributed by atoms with E-state index in [9.17, 15) is 77.7 Å². The predicted molar refractivity (Wildman–Crippen MR) is 506 cm³/mol. The number of benzene rings is 8. The van der Waals surface area contributed by atoms with Crippen LogP contribution in [0.5, 0.6) is 0 Å². The Kier molecular flexibility index (Phi) is 27.3. The molecule has 0 unspecified atom stereocenters. The van der Waals surface area contributed by atoms with Gasteiger partial charge < -0.3 is 20.4 Å². The highest BCUT2D eigenvalue weighted by molar-refractivity contribution is 7.91. The molecule has 0 bridgehead atoms. The maximum atomic E-state index is 15.0. The van der Waals surface area contributed by atoms with Crippen molar-refractivity contribution in [3.63, 3.8) is 0 Å². The minimum absolute atomic E-state index is 0.0171. The molecule has 8 heterocycles. The Morgan fingerprint density at radius 3 is 0.986 bits per heavy atom. The van der Waals surface area contributed by atoms with Crippen molar-refractivity contribution >= 4 is 98.0 Å². The molecule has 138 heavy (non-hydrogen) atoms. The Bertz CT molecular complexity index is 7460. The summed E-state index contributed by atoms with van der Waals surface area (Å²) in [6, 6.07) is 53.0. The first-order valence-electron chi connectivity index (χ1n) is 42.8. The molecule has 0 amide bonds. The zero-order valence-corrected chi connectivity index (χ0v) is 78.4. The maximum Gasteiger partial charge on any atom is 0.335 e. The number of carbonyl (C=O) groups is 4. The van der Waals surface area contributed by atoms with Gasteiger partial charge in [-0.25, -0.2) is 66.9 Å². The van der Waals surface area contributed by atoms with E-state index in [4.69, 9.17) is 34.8 Å². The summed E-state index contributed by atoms with van der Waals surface area (Å²) in [5, 5.41) is 69.1. The van der Waals surface area contributed by atoms with E-state index in [2.05, 4.69) is 66.2 Å². The van der Waals surface area contributed by atoms with Crippen LogP contribution in [0.2, 0.25) is 15.1 Å². The number of aromatic nitrogens is 17. The van der Waals surface area contributed by atoms with Crippen LogP contribution in [-0.4, -0.2) is 163 Å². The van der Waals surface area contributed by atoms with Gasteiger partial charge in [0.1, 0.15) is 30.5 Å². The van der Waals surface area contributed by atoms with Gasteiger partial charge in [-0.1, -0.05) is 83.3 Å². The summed E-state index contributed by atoms with van der Waals surface area (Å²) in [5.41, 5.74) is 10.5. The SMILES string of the molecule is Cn1nccc1-c1cc(CS(=O)(=O)c2cc(C(=O)O)ccc2C2CC2)c(-c2ccccn2)cc1Cl.Cn1ncnc1-c1cc(CS(=O)(=O)c2cc(C(=O)O)ccc2C2CC2)c(-c2ccccn2)cc1Cl.O=C(O)c1ccc(C2CC2)c(S(=O)(=O)Cc2cc(-n3cnnn3)c(Cl)cc2-c2ccccn2)c1.O=C(O)c1ccc(C2CC2)c(S(=O)(=O)Cc2cc(-n3cnnn3)c(F)cc2-c2ccccn2)c1. The van der Waals surface area contributed by atoms with Crippen molar-refractivity contribution in [2.75, 3.05) is 0 Å². The van der Waals surface area contributed by atoms with Crippen LogP contribution in [0.1, 0.15) is 161 Å². The molecule has 41 heteroatoms. The largest absolute Gasteiger partial charge is 0.478 e. The van der Waals surface area contributed by atoms with Gasteiger partial charge in [0.25, 0.3) is 0 Å². The Hall–Kier alpha value is -14.7. The zero-order valence-electron chi connectivity index (χ0n) is 72.9. The lowest BCUT2D eigenvalue weighted by molar-refractivity contribution is 0.0685. The fraction of sp³-hybridized carbons (Fsp3) is 0.186. The lowest BCUT2D eigenvalue weighted by Crippen LogP contribution is -2.12. The molecule has 4 N–H and O–H groups in total. The van der Waals surface area contributed by atoms with Crippen LogP contribution < -0.4 is 0 Å². The second-order valence-corrected chi connectivity index (χ2v) is 42.2. The number of carboxylic acids is 4. The third kappa shape index (κ3) is 21.3. The number of carboxylic acid groups (broad SMARTS) is 4. The molecular weight excluding hydrogens is 1910 g/mol. The standard InChI is InChI=1S/C26H22ClN3O4S.C25H21ClN4O4S.C23H18ClN5O4S.C23H18FN5O4S/c1-30-24(9-11-29-30)21-12-18(20(14-22(21)27)23-4-2-3-10-28-23)15-35(33,34)25-13-17(26(31)32)7-8-19(25)16-5-6-16;1-30-24(28-14-29-30)20-10-17(19(12-21(20)26)22-4-2-3-9-27-22)13-35(33,34)23-11-16(25(31)32)7-8-18(23)15-5-6-15;2*24-19-11-18(20-3-1-2-8-25-20)16(9-21(19)29-13-26-27-28-29)12-34(32,33)22-10-15(23(30)31)6-7-17(22)14-4-5-14/h2-4,7-14,16H,5-6,15H2,1H3,(H,31,32);2-4,7-12,14-15H,5-6,13H2,1H3,(H,31,32);2*1-3,6-11,13-14H,4-5,12H2,(H,30,31). The molecule has 0 atom stereocenters. The molecule has 4 aliphatic carbocycles. The number of sulfone groups is 4. The zero-order chi connectivity index (χ0) is 97.2. The third-order valence-corrected chi connectivity index (χ3v) is 31.4. The number of aromatic carboxylic acids is 4. The first kappa shape index (κ1) is 95.1. The summed E-state index contributed by atoms with van der Waals surface area (Å²) in [6.45, 7) is 0. The molecule has 0 radical (unpaired) electrons. The fourth-order valence-corrected chi connectivity index (χ4v) is 23.8. The van der Waals surface area contributed by atoms with Crippen LogP contribution >= 0.6 is 34.8 Å². The first-order valence-corrected chi connectivity index (χ1v) is 50.5. The monoisotopic (exact) mass is 1990 g/mol. The van der Waals surface area contributed by atoms with Crippen LogP contribution in [0.25, 0.3) is 79.0 Å². The lowest BCUT2D eigenvalue weighted by Gasteiger charge is -2.16. The number of pyridine rings is 4. The molecule has 8 aromatic heterocycles. The van der Waals surface area contributed by atoms with E-state index in [0.717, 1.165) is 61.7 Å². The van der Waals surface area contributed by atoms with E-state index in [0.29, 0.717) is 122 Å². The number of rotatable bonds is 28. The molecule has 0 saturated heterocycles. The summed E-state index contributed by atoms with van der Waals surface area (Å²) in [6.07, 6.45) is 19.0. The van der Waals surface area contributed by atoms with Gasteiger partial charge in [0.05, 0.1) is 114 Å². The average molecular weight is 1990 g/mol. The van der Waals surface area contributed by atoms with Gasteiger partial charge in [0.15, 0.2) is 45.2 Å². The van der Waals surface area contributed by atoms with Gasteiger partial charge in [-0.3, -0.25) is 24.6 Å². The van der Waals surface area contributed by atoms with E-state index >= 15 is 0 Å². The van der Waals surface area contributed by atoms with E-state index < -0.39 is 74.8 Å². The third-order valence-electron chi connectivity index (χ3n) is 23.6. The summed E-state index contributed by atoms with van der Waals surface area (Å²) in [5.74, 6) is -6.00. The molecule has 20 rings (SSSR count). The van der Waals surface area contributed by atoms with Gasteiger partial charge in [-0.05, 0) is 292 Å². The van der Waals surface area contributed by atoms with Crippen molar-refractivity contribution < 1.29 is 77.7 Å². The first-order chi connectivity index (χ1) is 66.1. The lowest BCUT2D eigenvalue weighted by atomic mass is 10.0. The highest BCUT2D eigenvalue weighted by Gasteiger charge is 2.38. The topological polar surface area (TPSA) is 473 Å². The number of aryl methyl sites for hydroxylation is 2. The van der Waals surface area contributed by atoms with Gasteiger partial charge in [-0.15, -0.1) is 10.2 Å². The van der Waals surface area contributed by atoms with Crippen molar-refractivity contribution in [3.8, 4) is 79.0 Å². The number of halogens is 4. The van der Waals surface area contributed by atoms with Gasteiger partial charge >= 0.3 is 23.9 Å². The number of hydrogen-bond acceptors (Lipinski definition) is 25. The normalized spacial score (nSPS) is 13.7. The molecule has 700 valence electrons. The highest BCUT2D eigenvalue weighted by atomic mass is 35.5. The second-order valence-electron chi connectivity index (χ2n) is 33.2. The average Bonchev–Trinajstić information content (AvgIpc) is 1.57. The molecular formula is C97H79Cl3FN17O16S4. The van der Waals surface area contributed by atoms with Gasteiger partial charge in [0, 0.05) is 78.5 Å². The molecule has 4 saturated carbocycles. The molecule has 8 aromatic carbocycles. The van der Waals surface area contributed by atoms with E-state index in [1.54, 1.807) is 170 Å². The Morgan fingerprint density at radius 2 is 0.681 bits per heavy atom. The van der Waals surface area contributed by atoms with Crippen molar-refractivity contribution in [1.82, 2.24) is 84.9 Å². The van der Waals surface area contributed by atoms with Gasteiger partial charge in [-0.2, -0.15) is 19.6 Å². The fourth-order valence-electron chi connectivity index (χ4n) is 16.2. The smallest absolute Gasteiger partial charge is 0.335 e. The maximum absolute atomic E-state index is 15.0. The summed E-state index contributed by atoms with van der Waals surface area (Å²) in [7, 11) is -12.3. The minimum atomic E-state index is -4.01. The Labute approximate surface area is 803 Å². The van der Waals surface area contributed by atoms with Crippen LogP contribution in [0.3, 0.4) is 0 Å². The van der Waals surface area contributed by atoms with Crippen LogP contribution in [0, 0.1) is 5.82 Å². The van der Waals surface area contributed by atoms with E-state index in [1.165, 1.54) is 90.5 Å². The molecule has 16 aromatic rings. The molecule has 0 aliphatic heterocycles. The minimum Gasteiger partial charge on any atom is -0.478 e. The van der Waals surface area contributed by atoms with Crippen molar-refractivity contribution in [2.24, 2.45) is 14.1 Å².